The monoisotopic (exact) mass is 370 g/mol. The molecule has 0 aliphatic heterocycles. The molecule has 0 aliphatic carbocycles. The third-order valence-electron chi connectivity index (χ3n) is 3.83. The molecule has 2 aromatic carbocycles. The van der Waals surface area contributed by atoms with Crippen molar-refractivity contribution in [2.24, 2.45) is 0 Å². The van der Waals surface area contributed by atoms with Crippen molar-refractivity contribution in [1.29, 1.82) is 0 Å². The van der Waals surface area contributed by atoms with Crippen molar-refractivity contribution in [3.05, 3.63) is 69.7 Å². The minimum absolute atomic E-state index is 0.0125. The number of rotatable bonds is 5. The molecule has 0 aliphatic rings. The summed E-state index contributed by atoms with van der Waals surface area (Å²) in [6.07, 6.45) is 0. The lowest BCUT2D eigenvalue weighted by molar-refractivity contribution is -0.0539. The van der Waals surface area contributed by atoms with Crippen LogP contribution in [0, 0.1) is 11.6 Å². The number of benzene rings is 2. The quantitative estimate of drug-likeness (QED) is 0.846. The third-order valence-corrected chi connectivity index (χ3v) is 4.49. The van der Waals surface area contributed by atoms with E-state index in [2.05, 4.69) is 15.9 Å². The maximum absolute atomic E-state index is 14.2. The first kappa shape index (κ1) is 17.1. The Labute approximate surface area is 136 Å². The SMILES string of the molecule is COC[C@@](O)(c1ccccc1)C(C)c1c(F)cc(F)cc1Br. The van der Waals surface area contributed by atoms with Gasteiger partial charge in [-0.25, -0.2) is 8.78 Å². The Kier molecular flexibility index (Phi) is 5.32. The van der Waals surface area contributed by atoms with E-state index in [9.17, 15) is 13.9 Å². The van der Waals surface area contributed by atoms with Crippen molar-refractivity contribution in [3.8, 4) is 0 Å². The maximum atomic E-state index is 14.2. The number of ether oxygens (including phenoxy) is 1. The van der Waals surface area contributed by atoms with E-state index in [1.54, 1.807) is 31.2 Å². The molecule has 0 aromatic heterocycles. The van der Waals surface area contributed by atoms with Gasteiger partial charge >= 0.3 is 0 Å². The van der Waals surface area contributed by atoms with E-state index in [0.717, 1.165) is 6.07 Å². The molecule has 0 saturated carbocycles. The van der Waals surface area contributed by atoms with E-state index in [4.69, 9.17) is 4.74 Å². The molecule has 0 heterocycles. The topological polar surface area (TPSA) is 29.5 Å². The smallest absolute Gasteiger partial charge is 0.130 e. The molecule has 5 heteroatoms. The number of hydrogen-bond donors (Lipinski definition) is 1. The zero-order valence-electron chi connectivity index (χ0n) is 12.3. The summed E-state index contributed by atoms with van der Waals surface area (Å²) in [7, 11) is 1.47. The van der Waals surface area contributed by atoms with Gasteiger partial charge in [0.2, 0.25) is 0 Å². The number of methoxy groups -OCH3 is 1. The summed E-state index contributed by atoms with van der Waals surface area (Å²) in [4.78, 5) is 0. The van der Waals surface area contributed by atoms with Crippen molar-refractivity contribution in [2.45, 2.75) is 18.4 Å². The first-order valence-electron chi connectivity index (χ1n) is 6.81. The number of aliphatic hydroxyl groups is 1. The van der Waals surface area contributed by atoms with Crippen LogP contribution in [0.5, 0.6) is 0 Å². The Morgan fingerprint density at radius 2 is 1.86 bits per heavy atom. The Bertz CT molecular complexity index is 625. The molecule has 118 valence electrons. The van der Waals surface area contributed by atoms with E-state index >= 15 is 0 Å². The standard InChI is InChI=1S/C17H17BrF2O2/c1-11(16-14(18)8-13(19)9-15(16)20)17(21,10-22-2)12-6-4-3-5-7-12/h3-9,11,21H,10H2,1-2H3/t11?,17-/m0/s1. The summed E-state index contributed by atoms with van der Waals surface area (Å²) in [5.41, 5.74) is -0.609. The van der Waals surface area contributed by atoms with Crippen LogP contribution in [0.1, 0.15) is 24.0 Å². The largest absolute Gasteiger partial charge is 0.382 e. The van der Waals surface area contributed by atoms with Crippen LogP contribution >= 0.6 is 15.9 Å². The van der Waals surface area contributed by atoms with Gasteiger partial charge in [-0.1, -0.05) is 53.2 Å². The molecule has 0 amide bonds. The minimum Gasteiger partial charge on any atom is -0.382 e. The van der Waals surface area contributed by atoms with Gasteiger partial charge in [-0.2, -0.15) is 0 Å². The van der Waals surface area contributed by atoms with Crippen LogP contribution in [0.25, 0.3) is 0 Å². The molecular weight excluding hydrogens is 354 g/mol. The average molecular weight is 371 g/mol. The average Bonchev–Trinajstić information content (AvgIpc) is 2.47. The molecule has 0 radical (unpaired) electrons. The van der Waals surface area contributed by atoms with Gasteiger partial charge in [-0.15, -0.1) is 0 Å². The highest BCUT2D eigenvalue weighted by atomic mass is 79.9. The lowest BCUT2D eigenvalue weighted by atomic mass is 9.78. The van der Waals surface area contributed by atoms with Crippen molar-refractivity contribution < 1.29 is 18.6 Å². The summed E-state index contributed by atoms with van der Waals surface area (Å²) in [5.74, 6) is -2.02. The van der Waals surface area contributed by atoms with Crippen molar-refractivity contribution in [2.75, 3.05) is 13.7 Å². The molecular formula is C17H17BrF2O2. The molecule has 1 N–H and O–H groups in total. The fourth-order valence-electron chi connectivity index (χ4n) is 2.61. The Hall–Kier alpha value is -1.30. The molecule has 0 bridgehead atoms. The molecule has 2 rings (SSSR count). The second-order valence-corrected chi connectivity index (χ2v) is 6.08. The number of halogens is 3. The van der Waals surface area contributed by atoms with Crippen molar-refractivity contribution in [1.82, 2.24) is 0 Å². The lowest BCUT2D eigenvalue weighted by Crippen LogP contribution is -2.37. The first-order valence-corrected chi connectivity index (χ1v) is 7.60. The van der Waals surface area contributed by atoms with Crippen LogP contribution in [0.4, 0.5) is 8.78 Å². The van der Waals surface area contributed by atoms with Gasteiger partial charge < -0.3 is 9.84 Å². The van der Waals surface area contributed by atoms with Gasteiger partial charge in [0.1, 0.15) is 17.2 Å². The fraction of sp³-hybridized carbons (Fsp3) is 0.294. The van der Waals surface area contributed by atoms with E-state index in [0.29, 0.717) is 5.56 Å². The fourth-order valence-corrected chi connectivity index (χ4v) is 3.36. The molecule has 2 aromatic rings. The summed E-state index contributed by atoms with van der Waals surface area (Å²) in [6.45, 7) is 1.68. The Balaban J connectivity index is 2.54. The maximum Gasteiger partial charge on any atom is 0.130 e. The van der Waals surface area contributed by atoms with Crippen LogP contribution in [0.2, 0.25) is 0 Å². The van der Waals surface area contributed by atoms with Crippen LogP contribution in [-0.2, 0) is 10.3 Å². The van der Waals surface area contributed by atoms with Crippen LogP contribution in [-0.4, -0.2) is 18.8 Å². The van der Waals surface area contributed by atoms with Crippen LogP contribution in [0.15, 0.2) is 46.9 Å². The summed E-state index contributed by atoms with van der Waals surface area (Å²) in [5, 5.41) is 11.1. The highest BCUT2D eigenvalue weighted by molar-refractivity contribution is 9.10. The van der Waals surface area contributed by atoms with Crippen LogP contribution in [0.3, 0.4) is 0 Å². The molecule has 1 unspecified atom stereocenters. The molecule has 2 nitrogen and oxygen atoms in total. The van der Waals surface area contributed by atoms with E-state index in [-0.39, 0.29) is 16.6 Å². The summed E-state index contributed by atoms with van der Waals surface area (Å²) in [6, 6.07) is 10.9. The molecule has 2 atom stereocenters. The van der Waals surface area contributed by atoms with E-state index in [1.807, 2.05) is 6.07 Å². The van der Waals surface area contributed by atoms with Gasteiger partial charge in [0.05, 0.1) is 6.61 Å². The highest BCUT2D eigenvalue weighted by Gasteiger charge is 2.39. The lowest BCUT2D eigenvalue weighted by Gasteiger charge is -2.35. The first-order chi connectivity index (χ1) is 10.4. The zero-order chi connectivity index (χ0) is 16.3. The van der Waals surface area contributed by atoms with Crippen LogP contribution < -0.4 is 0 Å². The summed E-state index contributed by atoms with van der Waals surface area (Å²) < 4.78 is 32.9. The molecule has 0 spiro atoms. The predicted octanol–water partition coefficient (Wildman–Crippen LogP) is 4.37. The summed E-state index contributed by atoms with van der Waals surface area (Å²) >= 11 is 3.18. The van der Waals surface area contributed by atoms with Gasteiger partial charge in [0.25, 0.3) is 0 Å². The zero-order valence-corrected chi connectivity index (χ0v) is 13.9. The van der Waals surface area contributed by atoms with E-state index < -0.39 is 23.2 Å². The van der Waals surface area contributed by atoms with Gasteiger partial charge in [-0.05, 0) is 11.6 Å². The molecule has 0 saturated heterocycles. The normalized spacial score (nSPS) is 15.4. The Morgan fingerprint density at radius 3 is 2.41 bits per heavy atom. The molecule has 0 fully saturated rings. The van der Waals surface area contributed by atoms with E-state index in [1.165, 1.54) is 13.2 Å². The van der Waals surface area contributed by atoms with Gasteiger partial charge in [0.15, 0.2) is 0 Å². The Morgan fingerprint density at radius 1 is 1.23 bits per heavy atom. The molecule has 22 heavy (non-hydrogen) atoms. The second kappa shape index (κ2) is 6.86. The second-order valence-electron chi connectivity index (χ2n) is 5.23. The van der Waals surface area contributed by atoms with Gasteiger partial charge in [-0.3, -0.25) is 0 Å². The highest BCUT2D eigenvalue weighted by Crippen LogP contribution is 2.41. The van der Waals surface area contributed by atoms with Gasteiger partial charge in [0, 0.05) is 29.1 Å². The van der Waals surface area contributed by atoms with Crippen molar-refractivity contribution >= 4 is 15.9 Å². The third kappa shape index (κ3) is 3.21. The predicted molar refractivity (Wildman–Crippen MR) is 84.7 cm³/mol. The number of hydrogen-bond acceptors (Lipinski definition) is 2. The van der Waals surface area contributed by atoms with Crippen molar-refractivity contribution in [3.63, 3.8) is 0 Å². The minimum atomic E-state index is -1.43.